The summed E-state index contributed by atoms with van der Waals surface area (Å²) in [5, 5.41) is 6.59. The second-order valence-corrected chi connectivity index (χ2v) is 10.2. The monoisotopic (exact) mass is 481 g/mol. The average molecular weight is 482 g/mol. The van der Waals surface area contributed by atoms with Gasteiger partial charge in [-0.25, -0.2) is 0 Å². The van der Waals surface area contributed by atoms with Crippen LogP contribution in [0, 0.1) is 5.41 Å². The molecule has 3 aromatic rings. The smallest absolute Gasteiger partial charge is 0.243 e. The number of carbonyl (C=O) groups is 2. The van der Waals surface area contributed by atoms with Crippen LogP contribution in [-0.2, 0) is 9.59 Å². The lowest BCUT2D eigenvalue weighted by Crippen LogP contribution is -2.40. The maximum absolute atomic E-state index is 13.7. The first kappa shape index (κ1) is 23.7. The fourth-order valence-corrected chi connectivity index (χ4v) is 5.24. The summed E-state index contributed by atoms with van der Waals surface area (Å²) in [6, 6.07) is 24.7. The Bertz CT molecular complexity index is 1310. The lowest BCUT2D eigenvalue weighted by molar-refractivity contribution is -0.119. The maximum Gasteiger partial charge on any atom is 0.243 e. The molecule has 0 spiro atoms. The highest BCUT2D eigenvalue weighted by Gasteiger charge is 2.41. The van der Waals surface area contributed by atoms with Crippen molar-refractivity contribution < 1.29 is 14.3 Å². The number of anilines is 3. The van der Waals surface area contributed by atoms with Gasteiger partial charge in [-0.05, 0) is 53.8 Å². The number of rotatable bonds is 5. The fourth-order valence-electron chi connectivity index (χ4n) is 5.24. The standard InChI is InChI=1S/C30H31N3O3/c1-30(2)17-24-28(26(34)18-30)29(20-13-15-22(36-3)16-14-20)33(25-12-8-7-11-23(25)32-24)19-27(35)31-21-9-5-4-6-10-21/h4-16,29,32H,17-19H2,1-3H3,(H,31,35). The highest BCUT2D eigenvalue weighted by Crippen LogP contribution is 2.48. The molecule has 5 rings (SSSR count). The Morgan fingerprint density at radius 2 is 1.69 bits per heavy atom. The molecule has 36 heavy (non-hydrogen) atoms. The Morgan fingerprint density at radius 3 is 2.42 bits per heavy atom. The van der Waals surface area contributed by atoms with Gasteiger partial charge in [-0.3, -0.25) is 9.59 Å². The molecule has 0 bridgehead atoms. The molecule has 6 heteroatoms. The van der Waals surface area contributed by atoms with E-state index < -0.39 is 6.04 Å². The van der Waals surface area contributed by atoms with Crippen LogP contribution in [0.15, 0.2) is 90.1 Å². The third kappa shape index (κ3) is 4.71. The zero-order chi connectivity index (χ0) is 25.3. The lowest BCUT2D eigenvalue weighted by atomic mass is 9.73. The zero-order valence-corrected chi connectivity index (χ0v) is 20.9. The second-order valence-electron chi connectivity index (χ2n) is 10.2. The van der Waals surface area contributed by atoms with Crippen molar-refractivity contribution in [1.82, 2.24) is 0 Å². The average Bonchev–Trinajstić information content (AvgIpc) is 2.98. The lowest BCUT2D eigenvalue weighted by Gasteiger charge is -2.38. The SMILES string of the molecule is COc1ccc(C2C3=C(CC(C)(C)CC3=O)Nc3ccccc3N2CC(=O)Nc2ccccc2)cc1. The summed E-state index contributed by atoms with van der Waals surface area (Å²) in [7, 11) is 1.63. The number of para-hydroxylation sites is 3. The van der Waals surface area contributed by atoms with Gasteiger partial charge in [0.15, 0.2) is 5.78 Å². The molecule has 1 heterocycles. The Kier molecular flexibility index (Phi) is 6.27. The van der Waals surface area contributed by atoms with Crippen LogP contribution in [0.4, 0.5) is 17.1 Å². The highest BCUT2D eigenvalue weighted by atomic mass is 16.5. The van der Waals surface area contributed by atoms with Gasteiger partial charge in [-0.1, -0.05) is 56.3 Å². The fraction of sp³-hybridized carbons (Fsp3) is 0.267. The van der Waals surface area contributed by atoms with Gasteiger partial charge in [0.25, 0.3) is 0 Å². The quantitative estimate of drug-likeness (QED) is 0.471. The third-order valence-electron chi connectivity index (χ3n) is 6.81. The molecule has 1 aliphatic carbocycles. The van der Waals surface area contributed by atoms with Crippen molar-refractivity contribution in [2.24, 2.45) is 5.41 Å². The number of fused-ring (bicyclic) bond motifs is 1. The number of hydrogen-bond donors (Lipinski definition) is 2. The molecular weight excluding hydrogens is 450 g/mol. The highest BCUT2D eigenvalue weighted by molar-refractivity contribution is 6.02. The molecule has 0 fully saturated rings. The van der Waals surface area contributed by atoms with Crippen LogP contribution in [0.1, 0.15) is 38.3 Å². The van der Waals surface area contributed by atoms with Crippen LogP contribution in [-0.4, -0.2) is 25.3 Å². The summed E-state index contributed by atoms with van der Waals surface area (Å²) in [4.78, 5) is 29.1. The minimum atomic E-state index is -0.424. The molecule has 0 radical (unpaired) electrons. The van der Waals surface area contributed by atoms with Crippen molar-refractivity contribution in [1.29, 1.82) is 0 Å². The number of nitrogens with one attached hydrogen (secondary N) is 2. The number of allylic oxidation sites excluding steroid dienone is 1. The molecule has 0 saturated carbocycles. The number of Topliss-reactive ketones (excluding diaryl/α,β-unsaturated/α-hetero) is 1. The van der Waals surface area contributed by atoms with Crippen LogP contribution >= 0.6 is 0 Å². The zero-order valence-electron chi connectivity index (χ0n) is 20.9. The number of hydrogen-bond acceptors (Lipinski definition) is 5. The van der Waals surface area contributed by atoms with Crippen LogP contribution in [0.5, 0.6) is 5.75 Å². The van der Waals surface area contributed by atoms with E-state index >= 15 is 0 Å². The number of ether oxygens (including phenoxy) is 1. The molecule has 0 aromatic heterocycles. The number of benzene rings is 3. The van der Waals surface area contributed by atoms with E-state index in [2.05, 4.69) is 24.5 Å². The molecule has 2 N–H and O–H groups in total. The van der Waals surface area contributed by atoms with Gasteiger partial charge in [0, 0.05) is 23.4 Å². The first-order valence-corrected chi connectivity index (χ1v) is 12.2. The summed E-state index contributed by atoms with van der Waals surface area (Å²) >= 11 is 0. The van der Waals surface area contributed by atoms with E-state index in [1.807, 2.05) is 83.8 Å². The largest absolute Gasteiger partial charge is 0.497 e. The normalized spacial score (nSPS) is 18.5. The minimum absolute atomic E-state index is 0.0811. The Morgan fingerprint density at radius 1 is 1.00 bits per heavy atom. The van der Waals surface area contributed by atoms with Gasteiger partial charge in [0.1, 0.15) is 5.75 Å². The number of nitrogens with zero attached hydrogens (tertiary/aromatic N) is 1. The summed E-state index contributed by atoms with van der Waals surface area (Å²) in [5.41, 5.74) is 4.93. The van der Waals surface area contributed by atoms with Gasteiger partial charge in [0.05, 0.1) is 31.1 Å². The van der Waals surface area contributed by atoms with Crippen molar-refractivity contribution >= 4 is 28.8 Å². The first-order chi connectivity index (χ1) is 17.3. The molecular formula is C30H31N3O3. The molecule has 1 amide bonds. The molecule has 6 nitrogen and oxygen atoms in total. The molecule has 3 aromatic carbocycles. The first-order valence-electron chi connectivity index (χ1n) is 12.2. The number of ketones is 1. The second kappa shape index (κ2) is 9.53. The van der Waals surface area contributed by atoms with E-state index in [1.54, 1.807) is 7.11 Å². The predicted octanol–water partition coefficient (Wildman–Crippen LogP) is 5.95. The Hall–Kier alpha value is -4.06. The molecule has 1 atom stereocenters. The molecule has 1 aliphatic heterocycles. The summed E-state index contributed by atoms with van der Waals surface area (Å²) < 4.78 is 5.38. The van der Waals surface area contributed by atoms with Crippen molar-refractivity contribution in [3.8, 4) is 5.75 Å². The van der Waals surface area contributed by atoms with E-state index in [-0.39, 0.29) is 23.7 Å². The van der Waals surface area contributed by atoms with Crippen LogP contribution in [0.2, 0.25) is 0 Å². The molecule has 184 valence electrons. The van der Waals surface area contributed by atoms with Gasteiger partial charge in [-0.2, -0.15) is 0 Å². The van der Waals surface area contributed by atoms with Crippen molar-refractivity contribution in [3.05, 3.63) is 95.7 Å². The van der Waals surface area contributed by atoms with E-state index in [0.29, 0.717) is 6.42 Å². The number of carbonyl (C=O) groups excluding carboxylic acids is 2. The number of amides is 1. The van der Waals surface area contributed by atoms with E-state index in [4.69, 9.17) is 4.74 Å². The summed E-state index contributed by atoms with van der Waals surface area (Å²) in [6.07, 6.45) is 1.21. The maximum atomic E-state index is 13.7. The van der Waals surface area contributed by atoms with Crippen molar-refractivity contribution in [3.63, 3.8) is 0 Å². The van der Waals surface area contributed by atoms with E-state index in [9.17, 15) is 9.59 Å². The molecule has 1 unspecified atom stereocenters. The predicted molar refractivity (Wildman–Crippen MR) is 143 cm³/mol. The van der Waals surface area contributed by atoms with Crippen LogP contribution < -0.4 is 20.3 Å². The molecule has 2 aliphatic rings. The third-order valence-corrected chi connectivity index (χ3v) is 6.81. The number of methoxy groups -OCH3 is 1. The Labute approximate surface area is 212 Å². The summed E-state index contributed by atoms with van der Waals surface area (Å²) in [6.45, 7) is 4.33. The van der Waals surface area contributed by atoms with Gasteiger partial charge < -0.3 is 20.3 Å². The topological polar surface area (TPSA) is 70.7 Å². The van der Waals surface area contributed by atoms with Crippen molar-refractivity contribution in [2.45, 2.75) is 32.7 Å². The minimum Gasteiger partial charge on any atom is -0.497 e. The van der Waals surface area contributed by atoms with Gasteiger partial charge >= 0.3 is 0 Å². The Balaban J connectivity index is 1.64. The van der Waals surface area contributed by atoms with Crippen LogP contribution in [0.3, 0.4) is 0 Å². The van der Waals surface area contributed by atoms with Crippen molar-refractivity contribution in [2.75, 3.05) is 29.2 Å². The van der Waals surface area contributed by atoms with Gasteiger partial charge in [0.2, 0.25) is 5.91 Å². The molecule has 0 saturated heterocycles. The van der Waals surface area contributed by atoms with E-state index in [0.717, 1.165) is 46.1 Å². The van der Waals surface area contributed by atoms with Crippen LogP contribution in [0.25, 0.3) is 0 Å². The summed E-state index contributed by atoms with van der Waals surface area (Å²) in [5.74, 6) is 0.697. The van der Waals surface area contributed by atoms with E-state index in [1.165, 1.54) is 0 Å². The van der Waals surface area contributed by atoms with Gasteiger partial charge in [-0.15, -0.1) is 0 Å².